The fourth-order valence-electron chi connectivity index (χ4n) is 3.46. The van der Waals surface area contributed by atoms with Gasteiger partial charge in [-0.3, -0.25) is 9.59 Å². The van der Waals surface area contributed by atoms with Crippen molar-refractivity contribution < 1.29 is 9.21 Å². The Morgan fingerprint density at radius 3 is 3.14 bits per heavy atom. The number of carbonyl (C=O) groups excluding carboxylic acids is 1. The normalized spacial score (nSPS) is 17.0. The molecule has 0 saturated carbocycles. The third-order valence-electron chi connectivity index (χ3n) is 4.80. The maximum atomic E-state index is 12.3. The van der Waals surface area contributed by atoms with E-state index in [1.165, 1.54) is 12.4 Å². The molecule has 146 valence electrons. The quantitative estimate of drug-likeness (QED) is 0.680. The van der Waals surface area contributed by atoms with Gasteiger partial charge in [0.15, 0.2) is 5.58 Å². The van der Waals surface area contributed by atoms with Crippen LogP contribution in [0.2, 0.25) is 5.02 Å². The van der Waals surface area contributed by atoms with Gasteiger partial charge in [0.1, 0.15) is 5.52 Å². The van der Waals surface area contributed by atoms with Crippen molar-refractivity contribution in [3.63, 3.8) is 0 Å². The van der Waals surface area contributed by atoms with E-state index >= 15 is 0 Å². The minimum atomic E-state index is -0.234. The summed E-state index contributed by atoms with van der Waals surface area (Å²) in [5, 5.41) is 3.44. The molecule has 4 rings (SSSR count). The maximum absolute atomic E-state index is 12.3. The van der Waals surface area contributed by atoms with Crippen LogP contribution in [0.3, 0.4) is 0 Å². The first-order valence-electron chi connectivity index (χ1n) is 9.18. The Kier molecular flexibility index (Phi) is 5.29. The number of benzene rings is 1. The summed E-state index contributed by atoms with van der Waals surface area (Å²) in [4.78, 5) is 36.7. The Hall–Kier alpha value is -2.87. The number of anilines is 1. The van der Waals surface area contributed by atoms with Gasteiger partial charge in [-0.1, -0.05) is 11.6 Å². The second-order valence-electron chi connectivity index (χ2n) is 6.95. The molecule has 2 N–H and O–H groups in total. The second kappa shape index (κ2) is 8.02. The van der Waals surface area contributed by atoms with Crippen LogP contribution in [0, 0.1) is 5.92 Å². The standard InChI is InChI=1S/C19H20ClN5O3/c20-13-3-4-15-16(7-13)28-19(24-15)25-5-1-2-12(10-25)6-17(26)21-9-14-8-18(27)23-11-22-14/h3-4,7-8,11-12H,1-2,5-6,9-10H2,(H,21,26)(H,22,23,27). The predicted octanol–water partition coefficient (Wildman–Crippen LogP) is 2.49. The van der Waals surface area contributed by atoms with Crippen LogP contribution in [0.15, 0.2) is 39.8 Å². The minimum absolute atomic E-state index is 0.0571. The van der Waals surface area contributed by atoms with Crippen molar-refractivity contribution in [2.75, 3.05) is 18.0 Å². The number of hydrogen-bond donors (Lipinski definition) is 2. The number of H-pyrrole nitrogens is 1. The summed E-state index contributed by atoms with van der Waals surface area (Å²) in [7, 11) is 0. The molecule has 3 aromatic rings. The van der Waals surface area contributed by atoms with E-state index in [1.807, 2.05) is 6.07 Å². The van der Waals surface area contributed by atoms with Crippen molar-refractivity contribution in [3.8, 4) is 0 Å². The molecule has 0 aliphatic carbocycles. The number of piperidine rings is 1. The van der Waals surface area contributed by atoms with Crippen LogP contribution < -0.4 is 15.8 Å². The van der Waals surface area contributed by atoms with Gasteiger partial charge < -0.3 is 19.6 Å². The highest BCUT2D eigenvalue weighted by Gasteiger charge is 2.25. The summed E-state index contributed by atoms with van der Waals surface area (Å²) < 4.78 is 5.85. The van der Waals surface area contributed by atoms with Crippen molar-refractivity contribution in [3.05, 3.63) is 51.7 Å². The van der Waals surface area contributed by atoms with Crippen LogP contribution in [-0.4, -0.2) is 33.9 Å². The molecule has 28 heavy (non-hydrogen) atoms. The number of halogens is 1. The lowest BCUT2D eigenvalue weighted by Crippen LogP contribution is -2.38. The molecular formula is C19H20ClN5O3. The zero-order valence-electron chi connectivity index (χ0n) is 15.2. The molecule has 8 nitrogen and oxygen atoms in total. The SMILES string of the molecule is O=C(CC1CCCN(c2nc3ccc(Cl)cc3o2)C1)NCc1cc(=O)[nH]cn1. The van der Waals surface area contributed by atoms with E-state index < -0.39 is 0 Å². The van der Waals surface area contributed by atoms with E-state index in [4.69, 9.17) is 16.0 Å². The largest absolute Gasteiger partial charge is 0.423 e. The Bertz CT molecular complexity index is 1050. The molecule has 1 aromatic carbocycles. The summed E-state index contributed by atoms with van der Waals surface area (Å²) in [5.41, 5.74) is 1.73. The topological polar surface area (TPSA) is 104 Å². The van der Waals surface area contributed by atoms with Crippen molar-refractivity contribution in [1.29, 1.82) is 0 Å². The lowest BCUT2D eigenvalue weighted by atomic mass is 9.94. The number of amides is 1. The predicted molar refractivity (Wildman–Crippen MR) is 105 cm³/mol. The smallest absolute Gasteiger partial charge is 0.298 e. The first-order chi connectivity index (χ1) is 13.6. The number of rotatable bonds is 5. The summed E-state index contributed by atoms with van der Waals surface area (Å²) >= 11 is 6.01. The maximum Gasteiger partial charge on any atom is 0.298 e. The molecule has 0 radical (unpaired) electrons. The number of aromatic nitrogens is 3. The molecule has 1 unspecified atom stereocenters. The first kappa shape index (κ1) is 18.5. The van der Waals surface area contributed by atoms with Gasteiger partial charge in [-0.25, -0.2) is 4.98 Å². The van der Waals surface area contributed by atoms with Crippen LogP contribution >= 0.6 is 11.6 Å². The molecule has 1 amide bonds. The third kappa shape index (κ3) is 4.33. The zero-order valence-corrected chi connectivity index (χ0v) is 15.9. The number of nitrogens with zero attached hydrogens (tertiary/aromatic N) is 3. The lowest BCUT2D eigenvalue weighted by Gasteiger charge is -2.31. The molecule has 0 spiro atoms. The summed E-state index contributed by atoms with van der Waals surface area (Å²) in [6.45, 7) is 1.79. The van der Waals surface area contributed by atoms with Crippen LogP contribution in [0.25, 0.3) is 11.1 Å². The van der Waals surface area contributed by atoms with Gasteiger partial charge in [-0.05, 0) is 30.9 Å². The minimum Gasteiger partial charge on any atom is -0.423 e. The Balaban J connectivity index is 1.35. The molecule has 0 bridgehead atoms. The van der Waals surface area contributed by atoms with E-state index in [2.05, 4.69) is 25.2 Å². The van der Waals surface area contributed by atoms with E-state index in [0.29, 0.717) is 35.3 Å². The molecule has 1 fully saturated rings. The first-order valence-corrected chi connectivity index (χ1v) is 9.56. The highest BCUT2D eigenvalue weighted by molar-refractivity contribution is 6.31. The summed E-state index contributed by atoms with van der Waals surface area (Å²) in [6.07, 6.45) is 3.67. The van der Waals surface area contributed by atoms with Gasteiger partial charge in [0.05, 0.1) is 18.6 Å². The van der Waals surface area contributed by atoms with Crippen LogP contribution in [0.5, 0.6) is 0 Å². The van der Waals surface area contributed by atoms with Gasteiger partial charge >= 0.3 is 0 Å². The Morgan fingerprint density at radius 2 is 2.29 bits per heavy atom. The number of hydrogen-bond acceptors (Lipinski definition) is 6. The fraction of sp³-hybridized carbons (Fsp3) is 0.368. The highest BCUT2D eigenvalue weighted by Crippen LogP contribution is 2.28. The fourth-order valence-corrected chi connectivity index (χ4v) is 3.62. The Morgan fingerprint density at radius 1 is 1.39 bits per heavy atom. The van der Waals surface area contributed by atoms with Gasteiger partial charge in [-0.2, -0.15) is 4.98 Å². The molecule has 1 aliphatic heterocycles. The van der Waals surface area contributed by atoms with Crippen LogP contribution in [0.4, 0.5) is 6.01 Å². The molecule has 9 heteroatoms. The van der Waals surface area contributed by atoms with Crippen molar-refractivity contribution >= 4 is 34.6 Å². The molecule has 1 aliphatic rings. The monoisotopic (exact) mass is 401 g/mol. The molecule has 1 atom stereocenters. The van der Waals surface area contributed by atoms with Crippen molar-refractivity contribution in [2.24, 2.45) is 5.92 Å². The van der Waals surface area contributed by atoms with Gasteiger partial charge in [0.2, 0.25) is 5.91 Å². The Labute approximate surface area is 165 Å². The number of oxazole rings is 1. The molecular weight excluding hydrogens is 382 g/mol. The van der Waals surface area contributed by atoms with Gasteiger partial charge in [-0.15, -0.1) is 0 Å². The van der Waals surface area contributed by atoms with E-state index in [-0.39, 0.29) is 23.9 Å². The molecule has 1 saturated heterocycles. The van der Waals surface area contributed by atoms with Crippen molar-refractivity contribution in [2.45, 2.75) is 25.8 Å². The van der Waals surface area contributed by atoms with Crippen molar-refractivity contribution in [1.82, 2.24) is 20.3 Å². The average molecular weight is 402 g/mol. The van der Waals surface area contributed by atoms with E-state index in [0.717, 1.165) is 24.9 Å². The number of nitrogens with one attached hydrogen (secondary N) is 2. The third-order valence-corrected chi connectivity index (χ3v) is 5.04. The molecule has 3 heterocycles. The summed E-state index contributed by atoms with van der Waals surface area (Å²) in [6, 6.07) is 7.32. The van der Waals surface area contributed by atoms with Gasteiger partial charge in [0.25, 0.3) is 11.6 Å². The number of carbonyl (C=O) groups is 1. The second-order valence-corrected chi connectivity index (χ2v) is 7.38. The van der Waals surface area contributed by atoms with Gasteiger partial charge in [0, 0.05) is 36.7 Å². The number of fused-ring (bicyclic) bond motifs is 1. The highest BCUT2D eigenvalue weighted by atomic mass is 35.5. The average Bonchev–Trinajstić information content (AvgIpc) is 3.10. The lowest BCUT2D eigenvalue weighted by molar-refractivity contribution is -0.122. The zero-order chi connectivity index (χ0) is 19.5. The molecule has 2 aromatic heterocycles. The summed E-state index contributed by atoms with van der Waals surface area (Å²) in [5.74, 6) is 0.151. The van der Waals surface area contributed by atoms with E-state index in [9.17, 15) is 9.59 Å². The number of aromatic amines is 1. The van der Waals surface area contributed by atoms with Crippen LogP contribution in [-0.2, 0) is 11.3 Å². The van der Waals surface area contributed by atoms with E-state index in [1.54, 1.807) is 12.1 Å². The van der Waals surface area contributed by atoms with Crippen LogP contribution in [0.1, 0.15) is 25.0 Å².